The smallest absolute Gasteiger partial charge is 0.250 e. The molecule has 19 heavy (non-hydrogen) atoms. The number of pyridine rings is 2. The number of aryl methyl sites for hydroxylation is 1. The molecule has 0 saturated carbocycles. The molecule has 0 aromatic carbocycles. The summed E-state index contributed by atoms with van der Waals surface area (Å²) in [6.45, 7) is 1.86. The quantitative estimate of drug-likeness (QED) is 0.869. The van der Waals surface area contributed by atoms with Crippen molar-refractivity contribution in [2.75, 3.05) is 0 Å². The van der Waals surface area contributed by atoms with E-state index in [2.05, 4.69) is 25.9 Å². The molecule has 7 heteroatoms. The standard InChI is InChI=1S/C12H9BrClN3O2/c1-6-2-3-9(10(13)17-6)19-12-8(14)4-7(5-16-12)11(15)18/h2-5H,1H3,(H2,15,18). The van der Waals surface area contributed by atoms with Crippen LogP contribution in [0.2, 0.25) is 5.02 Å². The van der Waals surface area contributed by atoms with Crippen LogP contribution < -0.4 is 10.5 Å². The monoisotopic (exact) mass is 341 g/mol. The van der Waals surface area contributed by atoms with Crippen molar-refractivity contribution in [2.45, 2.75) is 6.92 Å². The number of rotatable bonds is 3. The minimum atomic E-state index is -0.598. The van der Waals surface area contributed by atoms with E-state index in [1.54, 1.807) is 12.1 Å². The zero-order valence-electron chi connectivity index (χ0n) is 9.85. The highest BCUT2D eigenvalue weighted by molar-refractivity contribution is 9.10. The Balaban J connectivity index is 2.31. The average molecular weight is 343 g/mol. The molecule has 0 fully saturated rings. The van der Waals surface area contributed by atoms with Crippen molar-refractivity contribution in [3.05, 3.63) is 45.3 Å². The molecule has 2 heterocycles. The first-order valence-corrected chi connectivity index (χ1v) is 6.41. The maximum Gasteiger partial charge on any atom is 0.250 e. The molecule has 0 saturated heterocycles. The molecule has 2 aromatic rings. The zero-order valence-corrected chi connectivity index (χ0v) is 12.2. The van der Waals surface area contributed by atoms with Crippen LogP contribution in [0.4, 0.5) is 0 Å². The van der Waals surface area contributed by atoms with E-state index in [4.69, 9.17) is 22.1 Å². The molecule has 0 aliphatic rings. The molecule has 2 aromatic heterocycles. The van der Waals surface area contributed by atoms with Crippen molar-refractivity contribution in [3.8, 4) is 11.6 Å². The second kappa shape index (κ2) is 5.54. The first-order valence-electron chi connectivity index (χ1n) is 5.23. The fourth-order valence-electron chi connectivity index (χ4n) is 1.33. The zero-order chi connectivity index (χ0) is 14.0. The highest BCUT2D eigenvalue weighted by atomic mass is 79.9. The van der Waals surface area contributed by atoms with Crippen molar-refractivity contribution in [1.82, 2.24) is 9.97 Å². The summed E-state index contributed by atoms with van der Waals surface area (Å²) in [4.78, 5) is 19.1. The fourth-order valence-corrected chi connectivity index (χ4v) is 2.03. The van der Waals surface area contributed by atoms with Crippen LogP contribution >= 0.6 is 27.5 Å². The van der Waals surface area contributed by atoms with Gasteiger partial charge in [-0.05, 0) is 41.1 Å². The number of hydrogen-bond acceptors (Lipinski definition) is 4. The molecule has 0 radical (unpaired) electrons. The molecular formula is C12H9BrClN3O2. The van der Waals surface area contributed by atoms with E-state index in [-0.39, 0.29) is 16.5 Å². The number of aromatic nitrogens is 2. The molecular weight excluding hydrogens is 334 g/mol. The normalized spacial score (nSPS) is 10.3. The van der Waals surface area contributed by atoms with Gasteiger partial charge < -0.3 is 10.5 Å². The fraction of sp³-hybridized carbons (Fsp3) is 0.0833. The topological polar surface area (TPSA) is 78.1 Å². The van der Waals surface area contributed by atoms with Gasteiger partial charge in [-0.3, -0.25) is 4.79 Å². The number of primary amides is 1. The first-order chi connectivity index (χ1) is 8.97. The predicted octanol–water partition coefficient (Wildman–Crippen LogP) is 3.09. The number of halogens is 2. The van der Waals surface area contributed by atoms with Crippen LogP contribution in [-0.2, 0) is 0 Å². The van der Waals surface area contributed by atoms with Gasteiger partial charge in [-0.1, -0.05) is 11.6 Å². The van der Waals surface area contributed by atoms with E-state index in [9.17, 15) is 4.79 Å². The number of hydrogen-bond donors (Lipinski definition) is 1. The van der Waals surface area contributed by atoms with Crippen LogP contribution in [-0.4, -0.2) is 15.9 Å². The van der Waals surface area contributed by atoms with Crippen molar-refractivity contribution >= 4 is 33.4 Å². The third kappa shape index (κ3) is 3.21. The van der Waals surface area contributed by atoms with Crippen LogP contribution in [0, 0.1) is 6.92 Å². The molecule has 2 N–H and O–H groups in total. The summed E-state index contributed by atoms with van der Waals surface area (Å²) in [5.41, 5.74) is 6.20. The number of ether oxygens (including phenoxy) is 1. The van der Waals surface area contributed by atoms with Gasteiger partial charge >= 0.3 is 0 Å². The lowest BCUT2D eigenvalue weighted by atomic mass is 10.3. The van der Waals surface area contributed by atoms with Crippen LogP contribution in [0.15, 0.2) is 29.0 Å². The van der Waals surface area contributed by atoms with E-state index >= 15 is 0 Å². The minimum Gasteiger partial charge on any atom is -0.435 e. The van der Waals surface area contributed by atoms with Gasteiger partial charge in [0.2, 0.25) is 11.8 Å². The summed E-state index contributed by atoms with van der Waals surface area (Å²) < 4.78 is 6.07. The van der Waals surface area contributed by atoms with E-state index in [0.29, 0.717) is 10.4 Å². The van der Waals surface area contributed by atoms with Gasteiger partial charge in [0, 0.05) is 11.9 Å². The van der Waals surface area contributed by atoms with E-state index < -0.39 is 5.91 Å². The SMILES string of the molecule is Cc1ccc(Oc2ncc(C(N)=O)cc2Cl)c(Br)n1. The molecule has 0 aliphatic carbocycles. The summed E-state index contributed by atoms with van der Waals surface area (Å²) in [5.74, 6) is 0.0592. The number of nitrogens with two attached hydrogens (primary N) is 1. The van der Waals surface area contributed by atoms with Crippen molar-refractivity contribution in [3.63, 3.8) is 0 Å². The van der Waals surface area contributed by atoms with E-state index in [0.717, 1.165) is 5.69 Å². The van der Waals surface area contributed by atoms with E-state index in [1.165, 1.54) is 12.3 Å². The van der Waals surface area contributed by atoms with Gasteiger partial charge in [0.05, 0.1) is 5.56 Å². The van der Waals surface area contributed by atoms with Crippen LogP contribution in [0.25, 0.3) is 0 Å². The van der Waals surface area contributed by atoms with Gasteiger partial charge in [-0.15, -0.1) is 0 Å². The lowest BCUT2D eigenvalue weighted by molar-refractivity contribution is 0.1000. The number of carbonyl (C=O) groups excluding carboxylic acids is 1. The molecule has 0 spiro atoms. The second-order valence-electron chi connectivity index (χ2n) is 3.72. The molecule has 1 amide bonds. The third-order valence-corrected chi connectivity index (χ3v) is 3.09. The van der Waals surface area contributed by atoms with Gasteiger partial charge in [-0.25, -0.2) is 9.97 Å². The molecule has 2 rings (SSSR count). The van der Waals surface area contributed by atoms with Crippen molar-refractivity contribution in [2.24, 2.45) is 5.73 Å². The predicted molar refractivity (Wildman–Crippen MR) is 74.5 cm³/mol. The summed E-state index contributed by atoms with van der Waals surface area (Å²) in [5, 5.41) is 0.198. The van der Waals surface area contributed by atoms with Crippen molar-refractivity contribution in [1.29, 1.82) is 0 Å². The minimum absolute atomic E-state index is 0.179. The van der Waals surface area contributed by atoms with Gasteiger partial charge in [0.1, 0.15) is 9.63 Å². The Morgan fingerprint density at radius 3 is 2.79 bits per heavy atom. The van der Waals surface area contributed by atoms with E-state index in [1.807, 2.05) is 6.92 Å². The third-order valence-electron chi connectivity index (χ3n) is 2.25. The van der Waals surface area contributed by atoms with Crippen molar-refractivity contribution < 1.29 is 9.53 Å². The van der Waals surface area contributed by atoms with Crippen LogP contribution in [0.5, 0.6) is 11.6 Å². The maximum absolute atomic E-state index is 11.0. The Kier molecular flexibility index (Phi) is 4.01. The summed E-state index contributed by atoms with van der Waals surface area (Å²) in [6, 6.07) is 4.94. The Morgan fingerprint density at radius 2 is 2.21 bits per heavy atom. The number of amides is 1. The molecule has 0 unspecified atom stereocenters. The Labute approximate surface area is 122 Å². The Morgan fingerprint density at radius 1 is 1.47 bits per heavy atom. The maximum atomic E-state index is 11.0. The molecule has 0 atom stereocenters. The lowest BCUT2D eigenvalue weighted by Gasteiger charge is -2.08. The second-order valence-corrected chi connectivity index (χ2v) is 4.88. The van der Waals surface area contributed by atoms with Crippen LogP contribution in [0.3, 0.4) is 0 Å². The van der Waals surface area contributed by atoms with Gasteiger partial charge in [0.25, 0.3) is 0 Å². The highest BCUT2D eigenvalue weighted by Gasteiger charge is 2.11. The molecule has 5 nitrogen and oxygen atoms in total. The summed E-state index contributed by atoms with van der Waals surface area (Å²) >= 11 is 9.26. The van der Waals surface area contributed by atoms with Gasteiger partial charge in [-0.2, -0.15) is 0 Å². The Bertz CT molecular complexity index is 649. The Hall–Kier alpha value is -1.66. The summed E-state index contributed by atoms with van der Waals surface area (Å²) in [7, 11) is 0. The molecule has 0 aliphatic heterocycles. The number of carbonyl (C=O) groups is 1. The summed E-state index contributed by atoms with van der Waals surface area (Å²) in [6.07, 6.45) is 1.30. The largest absolute Gasteiger partial charge is 0.435 e. The lowest BCUT2D eigenvalue weighted by Crippen LogP contribution is -2.11. The number of nitrogens with zero attached hydrogens (tertiary/aromatic N) is 2. The average Bonchev–Trinajstić information content (AvgIpc) is 2.34. The molecule has 98 valence electrons. The van der Waals surface area contributed by atoms with Crippen LogP contribution in [0.1, 0.15) is 16.1 Å². The van der Waals surface area contributed by atoms with Gasteiger partial charge in [0.15, 0.2) is 5.75 Å². The highest BCUT2D eigenvalue weighted by Crippen LogP contribution is 2.31. The first kappa shape index (κ1) is 13.8. The molecule has 0 bridgehead atoms.